The van der Waals surface area contributed by atoms with Crippen LogP contribution in [0.15, 0.2) is 47.4 Å². The third kappa shape index (κ3) is 5.44. The van der Waals surface area contributed by atoms with Crippen LogP contribution in [0.3, 0.4) is 0 Å². The van der Waals surface area contributed by atoms with Crippen LogP contribution >= 0.6 is 23.1 Å². The van der Waals surface area contributed by atoms with Crippen molar-refractivity contribution in [1.29, 1.82) is 0 Å². The zero-order valence-corrected chi connectivity index (χ0v) is 19.2. The lowest BCUT2D eigenvalue weighted by Crippen LogP contribution is -2.39. The standard InChI is InChI=1S/C23H26FN3O2S2/c1-2-30-18-9-7-17(8-10-18)22(28)27(12-4-11-26-13-15-29-16-14-26)23-25-21-19(24)5-3-6-20(21)31-23/h3,5-10H,2,4,11-16H2,1H3. The molecule has 1 aromatic heterocycles. The third-order valence-corrected chi connectivity index (χ3v) is 7.14. The van der Waals surface area contributed by atoms with E-state index in [4.69, 9.17) is 4.74 Å². The number of para-hydroxylation sites is 1. The SMILES string of the molecule is CCSc1ccc(C(=O)N(CCCN2CCOCC2)c2nc3c(F)cccc3s2)cc1. The zero-order valence-electron chi connectivity index (χ0n) is 17.6. The van der Waals surface area contributed by atoms with Crippen molar-refractivity contribution in [3.05, 3.63) is 53.8 Å². The fourth-order valence-corrected chi connectivity index (χ4v) is 5.26. The average Bonchev–Trinajstić information content (AvgIpc) is 3.23. The number of fused-ring (bicyclic) bond motifs is 1. The number of carbonyl (C=O) groups is 1. The highest BCUT2D eigenvalue weighted by molar-refractivity contribution is 7.99. The molecule has 0 N–H and O–H groups in total. The van der Waals surface area contributed by atoms with Crippen LogP contribution in [0.1, 0.15) is 23.7 Å². The van der Waals surface area contributed by atoms with Crippen LogP contribution < -0.4 is 4.90 Å². The van der Waals surface area contributed by atoms with Gasteiger partial charge in [-0.2, -0.15) is 0 Å². The van der Waals surface area contributed by atoms with Gasteiger partial charge in [-0.1, -0.05) is 24.3 Å². The molecule has 8 heteroatoms. The maximum atomic E-state index is 14.2. The molecule has 0 radical (unpaired) electrons. The molecule has 0 atom stereocenters. The van der Waals surface area contributed by atoms with Crippen LogP contribution in [0.2, 0.25) is 0 Å². The first kappa shape index (κ1) is 22.2. The number of hydrogen-bond acceptors (Lipinski definition) is 6. The Morgan fingerprint density at radius 2 is 2.00 bits per heavy atom. The molecular formula is C23H26FN3O2S2. The Hall–Kier alpha value is -2.00. The van der Waals surface area contributed by atoms with Crippen LogP contribution in [-0.4, -0.2) is 60.9 Å². The molecular weight excluding hydrogens is 433 g/mol. The van der Waals surface area contributed by atoms with Crippen LogP contribution in [0, 0.1) is 5.82 Å². The monoisotopic (exact) mass is 459 g/mol. The van der Waals surface area contributed by atoms with Crippen LogP contribution in [0.4, 0.5) is 9.52 Å². The molecule has 1 fully saturated rings. The van der Waals surface area contributed by atoms with Crippen molar-refractivity contribution in [3.8, 4) is 0 Å². The van der Waals surface area contributed by atoms with E-state index in [9.17, 15) is 9.18 Å². The Morgan fingerprint density at radius 3 is 2.71 bits per heavy atom. The van der Waals surface area contributed by atoms with Gasteiger partial charge in [0, 0.05) is 36.6 Å². The van der Waals surface area contributed by atoms with Gasteiger partial charge in [0.25, 0.3) is 5.91 Å². The highest BCUT2D eigenvalue weighted by Gasteiger charge is 2.22. The number of hydrogen-bond donors (Lipinski definition) is 0. The molecule has 164 valence electrons. The van der Waals surface area contributed by atoms with Gasteiger partial charge in [0.2, 0.25) is 0 Å². The lowest BCUT2D eigenvalue weighted by molar-refractivity contribution is 0.0376. The summed E-state index contributed by atoms with van der Waals surface area (Å²) in [6.45, 7) is 6.85. The molecule has 3 aromatic rings. The molecule has 4 rings (SSSR count). The summed E-state index contributed by atoms with van der Waals surface area (Å²) in [5, 5.41) is 0.541. The van der Waals surface area contributed by atoms with Gasteiger partial charge in [-0.05, 0) is 48.6 Å². The first-order valence-electron chi connectivity index (χ1n) is 10.6. The Labute approximate surface area is 190 Å². The Bertz CT molecular complexity index is 1020. The number of thioether (sulfide) groups is 1. The maximum absolute atomic E-state index is 14.2. The van der Waals surface area contributed by atoms with Crippen molar-refractivity contribution >= 4 is 44.4 Å². The largest absolute Gasteiger partial charge is 0.379 e. The number of anilines is 1. The quantitative estimate of drug-likeness (QED) is 0.448. The minimum atomic E-state index is -0.360. The highest BCUT2D eigenvalue weighted by atomic mass is 32.2. The van der Waals surface area contributed by atoms with Crippen molar-refractivity contribution in [2.75, 3.05) is 50.0 Å². The summed E-state index contributed by atoms with van der Waals surface area (Å²) in [5.41, 5.74) is 0.940. The lowest BCUT2D eigenvalue weighted by atomic mass is 10.2. The molecule has 0 bridgehead atoms. The zero-order chi connectivity index (χ0) is 21.6. The van der Waals surface area contributed by atoms with E-state index in [1.54, 1.807) is 22.7 Å². The van der Waals surface area contributed by atoms with Gasteiger partial charge in [0.05, 0.1) is 17.9 Å². The molecule has 31 heavy (non-hydrogen) atoms. The van der Waals surface area contributed by atoms with Crippen LogP contribution in [-0.2, 0) is 4.74 Å². The van der Waals surface area contributed by atoms with E-state index in [0.29, 0.717) is 22.8 Å². The summed E-state index contributed by atoms with van der Waals surface area (Å²) in [7, 11) is 0. The normalized spacial score (nSPS) is 14.8. The average molecular weight is 460 g/mol. The summed E-state index contributed by atoms with van der Waals surface area (Å²) < 4.78 is 20.4. The van der Waals surface area contributed by atoms with Crippen LogP contribution in [0.5, 0.6) is 0 Å². The number of nitrogens with zero attached hydrogens (tertiary/aromatic N) is 3. The van der Waals surface area contributed by atoms with Crippen molar-refractivity contribution in [2.24, 2.45) is 0 Å². The second kappa shape index (κ2) is 10.5. The summed E-state index contributed by atoms with van der Waals surface area (Å²) >= 11 is 3.10. The van der Waals surface area contributed by atoms with Crippen molar-refractivity contribution in [3.63, 3.8) is 0 Å². The molecule has 2 heterocycles. The Morgan fingerprint density at radius 1 is 1.23 bits per heavy atom. The van der Waals surface area contributed by atoms with Crippen molar-refractivity contribution < 1.29 is 13.9 Å². The first-order valence-corrected chi connectivity index (χ1v) is 12.4. The van der Waals surface area contributed by atoms with E-state index >= 15 is 0 Å². The summed E-state index contributed by atoms with van der Waals surface area (Å²) in [6, 6.07) is 12.6. The molecule has 5 nitrogen and oxygen atoms in total. The van der Waals surface area contributed by atoms with E-state index in [-0.39, 0.29) is 11.7 Å². The van der Waals surface area contributed by atoms with Crippen molar-refractivity contribution in [2.45, 2.75) is 18.2 Å². The highest BCUT2D eigenvalue weighted by Crippen LogP contribution is 2.31. The molecule has 0 saturated carbocycles. The third-order valence-electron chi connectivity index (χ3n) is 5.21. The van der Waals surface area contributed by atoms with Crippen LogP contribution in [0.25, 0.3) is 10.2 Å². The van der Waals surface area contributed by atoms with Crippen molar-refractivity contribution in [1.82, 2.24) is 9.88 Å². The van der Waals surface area contributed by atoms with E-state index in [0.717, 1.165) is 54.6 Å². The van der Waals surface area contributed by atoms with E-state index in [1.807, 2.05) is 30.3 Å². The minimum Gasteiger partial charge on any atom is -0.379 e. The number of amides is 1. The number of benzene rings is 2. The van der Waals surface area contributed by atoms with Gasteiger partial charge in [-0.3, -0.25) is 14.6 Å². The Kier molecular flexibility index (Phi) is 7.55. The molecule has 1 aliphatic rings. The molecule has 0 aliphatic carbocycles. The summed E-state index contributed by atoms with van der Waals surface area (Å²) in [4.78, 5) is 23.1. The second-order valence-corrected chi connectivity index (χ2v) is 9.65. The number of rotatable bonds is 8. The van der Waals surface area contributed by atoms with Gasteiger partial charge >= 0.3 is 0 Å². The number of morpholine rings is 1. The van der Waals surface area contributed by atoms with Gasteiger partial charge in [-0.25, -0.2) is 9.37 Å². The summed E-state index contributed by atoms with van der Waals surface area (Å²) in [5.74, 6) is 0.522. The smallest absolute Gasteiger partial charge is 0.260 e. The van der Waals surface area contributed by atoms with Gasteiger partial charge in [0.15, 0.2) is 5.13 Å². The maximum Gasteiger partial charge on any atom is 0.260 e. The fraction of sp³-hybridized carbons (Fsp3) is 0.391. The summed E-state index contributed by atoms with van der Waals surface area (Å²) in [6.07, 6.45) is 0.813. The van der Waals surface area contributed by atoms with E-state index in [1.165, 1.54) is 17.4 Å². The van der Waals surface area contributed by atoms with Gasteiger partial charge in [0.1, 0.15) is 11.3 Å². The van der Waals surface area contributed by atoms with Gasteiger partial charge in [-0.15, -0.1) is 11.8 Å². The second-order valence-electron chi connectivity index (χ2n) is 7.30. The predicted octanol–water partition coefficient (Wildman–Crippen LogP) is 4.92. The number of carbonyl (C=O) groups excluding carboxylic acids is 1. The number of thiazole rings is 1. The number of aromatic nitrogens is 1. The van der Waals surface area contributed by atoms with E-state index < -0.39 is 0 Å². The molecule has 1 amide bonds. The van der Waals surface area contributed by atoms with Gasteiger partial charge < -0.3 is 4.74 Å². The lowest BCUT2D eigenvalue weighted by Gasteiger charge is -2.27. The Balaban J connectivity index is 1.56. The van der Waals surface area contributed by atoms with E-state index in [2.05, 4.69) is 16.8 Å². The molecule has 1 saturated heterocycles. The molecule has 2 aromatic carbocycles. The molecule has 1 aliphatic heterocycles. The number of halogens is 1. The fourth-order valence-electron chi connectivity index (χ4n) is 3.60. The predicted molar refractivity (Wildman–Crippen MR) is 126 cm³/mol. The number of ether oxygens (including phenoxy) is 1. The first-order chi connectivity index (χ1) is 15.2. The molecule has 0 unspecified atom stereocenters. The minimum absolute atomic E-state index is 0.102. The topological polar surface area (TPSA) is 45.7 Å². The molecule has 0 spiro atoms.